The van der Waals surface area contributed by atoms with E-state index in [9.17, 15) is 4.79 Å². The number of amides is 1. The van der Waals surface area contributed by atoms with Gasteiger partial charge in [0.1, 0.15) is 5.75 Å². The van der Waals surface area contributed by atoms with Crippen LogP contribution in [0.25, 0.3) is 0 Å². The Balaban J connectivity index is 2.11. The van der Waals surface area contributed by atoms with Crippen LogP contribution in [0.15, 0.2) is 31.8 Å². The molecule has 1 aromatic heterocycles. The van der Waals surface area contributed by atoms with Gasteiger partial charge < -0.3 is 15.8 Å². The number of nitrogens with two attached hydrogens (primary N) is 1. The first-order valence-electron chi connectivity index (χ1n) is 5.66. The molecule has 106 valence electrons. The largest absolute Gasteiger partial charge is 0.496 e. The van der Waals surface area contributed by atoms with Crippen LogP contribution < -0.4 is 15.8 Å². The molecule has 0 atom stereocenters. The van der Waals surface area contributed by atoms with Gasteiger partial charge in [-0.05, 0) is 56.1 Å². The zero-order valence-corrected chi connectivity index (χ0v) is 14.6. The van der Waals surface area contributed by atoms with Gasteiger partial charge in [0.25, 0.3) is 5.91 Å². The molecule has 20 heavy (non-hydrogen) atoms. The van der Waals surface area contributed by atoms with Crippen LogP contribution in [-0.2, 0) is 6.54 Å². The highest BCUT2D eigenvalue weighted by molar-refractivity contribution is 9.12. The van der Waals surface area contributed by atoms with Crippen molar-refractivity contribution in [2.45, 2.75) is 6.54 Å². The molecule has 0 radical (unpaired) electrons. The van der Waals surface area contributed by atoms with Crippen LogP contribution in [0.5, 0.6) is 5.75 Å². The molecule has 3 N–H and O–H groups in total. The second-order valence-corrected chi connectivity index (χ2v) is 7.74. The van der Waals surface area contributed by atoms with Crippen LogP contribution >= 0.6 is 43.2 Å². The van der Waals surface area contributed by atoms with Gasteiger partial charge >= 0.3 is 0 Å². The van der Waals surface area contributed by atoms with Crippen molar-refractivity contribution in [2.24, 2.45) is 0 Å². The molecule has 0 fully saturated rings. The number of halogens is 2. The van der Waals surface area contributed by atoms with Crippen LogP contribution in [-0.4, -0.2) is 13.0 Å². The van der Waals surface area contributed by atoms with E-state index in [0.29, 0.717) is 23.5 Å². The van der Waals surface area contributed by atoms with Crippen LogP contribution in [0.4, 0.5) is 5.69 Å². The van der Waals surface area contributed by atoms with Crippen molar-refractivity contribution in [1.29, 1.82) is 0 Å². The molecule has 1 aromatic carbocycles. The average molecular weight is 420 g/mol. The Morgan fingerprint density at radius 2 is 2.15 bits per heavy atom. The number of carbonyl (C=O) groups excluding carboxylic acids is 1. The predicted molar refractivity (Wildman–Crippen MR) is 88.3 cm³/mol. The summed E-state index contributed by atoms with van der Waals surface area (Å²) in [6, 6.07) is 7.11. The van der Waals surface area contributed by atoms with Gasteiger partial charge in [0.2, 0.25) is 0 Å². The highest BCUT2D eigenvalue weighted by atomic mass is 79.9. The summed E-state index contributed by atoms with van der Waals surface area (Å²) in [5.41, 5.74) is 7.82. The van der Waals surface area contributed by atoms with E-state index in [1.54, 1.807) is 31.4 Å². The van der Waals surface area contributed by atoms with E-state index in [2.05, 4.69) is 37.2 Å². The number of nitrogen functional groups attached to an aromatic ring is 1. The molecule has 1 heterocycles. The van der Waals surface area contributed by atoms with Crippen molar-refractivity contribution in [3.63, 3.8) is 0 Å². The minimum absolute atomic E-state index is 0.150. The van der Waals surface area contributed by atoms with Crippen LogP contribution in [0.1, 0.15) is 15.9 Å². The highest BCUT2D eigenvalue weighted by Crippen LogP contribution is 2.31. The number of benzene rings is 1. The number of nitrogens with one attached hydrogen (secondary N) is 1. The molecule has 0 spiro atoms. The number of methoxy groups -OCH3 is 1. The fourth-order valence-electron chi connectivity index (χ4n) is 1.70. The smallest absolute Gasteiger partial charge is 0.253 e. The molecular weight excluding hydrogens is 408 g/mol. The van der Waals surface area contributed by atoms with Crippen molar-refractivity contribution < 1.29 is 9.53 Å². The lowest BCUT2D eigenvalue weighted by atomic mass is 10.1. The van der Waals surface area contributed by atoms with Crippen molar-refractivity contribution in [2.75, 3.05) is 12.8 Å². The standard InChI is InChI=1S/C13H12Br2N2O2S/c1-19-10-3-2-8(16)4-7(10)6-17-13(18)9-5-11(14)20-12(9)15/h2-5H,6,16H2,1H3,(H,17,18). The van der Waals surface area contributed by atoms with Crippen molar-refractivity contribution in [1.82, 2.24) is 5.32 Å². The van der Waals surface area contributed by atoms with Crippen LogP contribution in [0, 0.1) is 0 Å². The van der Waals surface area contributed by atoms with E-state index in [0.717, 1.165) is 13.1 Å². The Bertz CT molecular complexity index is 643. The Morgan fingerprint density at radius 1 is 1.40 bits per heavy atom. The Morgan fingerprint density at radius 3 is 2.75 bits per heavy atom. The Hall–Kier alpha value is -1.05. The summed E-state index contributed by atoms with van der Waals surface area (Å²) in [5, 5.41) is 2.85. The summed E-state index contributed by atoms with van der Waals surface area (Å²) in [7, 11) is 1.59. The normalized spacial score (nSPS) is 10.3. The second kappa shape index (κ2) is 6.60. The molecule has 7 heteroatoms. The van der Waals surface area contributed by atoms with Crippen molar-refractivity contribution in [3.8, 4) is 5.75 Å². The fraction of sp³-hybridized carbons (Fsp3) is 0.154. The van der Waals surface area contributed by atoms with Gasteiger partial charge in [0.15, 0.2) is 0 Å². The molecule has 0 saturated carbocycles. The summed E-state index contributed by atoms with van der Waals surface area (Å²) in [6.45, 7) is 0.354. The van der Waals surface area contributed by atoms with E-state index in [4.69, 9.17) is 10.5 Å². The number of ether oxygens (including phenoxy) is 1. The quantitative estimate of drug-likeness (QED) is 0.741. The first kappa shape index (κ1) is 15.3. The van der Waals surface area contributed by atoms with Gasteiger partial charge in [-0.15, -0.1) is 11.3 Å². The molecule has 0 aliphatic rings. The summed E-state index contributed by atoms with van der Waals surface area (Å²) in [4.78, 5) is 12.1. The summed E-state index contributed by atoms with van der Waals surface area (Å²) >= 11 is 8.18. The van der Waals surface area contributed by atoms with Gasteiger partial charge in [0, 0.05) is 17.8 Å². The van der Waals surface area contributed by atoms with E-state index >= 15 is 0 Å². The van der Waals surface area contributed by atoms with E-state index < -0.39 is 0 Å². The molecule has 0 aliphatic heterocycles. The third-order valence-corrected chi connectivity index (χ3v) is 4.98. The maximum atomic E-state index is 12.1. The number of anilines is 1. The molecule has 1 amide bonds. The minimum atomic E-state index is -0.150. The zero-order chi connectivity index (χ0) is 14.7. The molecule has 4 nitrogen and oxygen atoms in total. The molecule has 2 aromatic rings. The predicted octanol–water partition coefficient (Wildman–Crippen LogP) is 3.79. The van der Waals surface area contributed by atoms with Gasteiger partial charge in [-0.3, -0.25) is 4.79 Å². The van der Waals surface area contributed by atoms with Crippen molar-refractivity contribution >= 4 is 54.8 Å². The first-order valence-corrected chi connectivity index (χ1v) is 8.07. The zero-order valence-electron chi connectivity index (χ0n) is 10.6. The molecule has 0 unspecified atom stereocenters. The van der Waals surface area contributed by atoms with E-state index in [-0.39, 0.29) is 5.91 Å². The molecule has 0 saturated heterocycles. The molecule has 2 rings (SSSR count). The Kier molecular flexibility index (Phi) is 5.06. The monoisotopic (exact) mass is 418 g/mol. The van der Waals surface area contributed by atoms with E-state index in [1.165, 1.54) is 11.3 Å². The third kappa shape index (κ3) is 3.53. The van der Waals surface area contributed by atoms with Gasteiger partial charge in [-0.2, -0.15) is 0 Å². The lowest BCUT2D eigenvalue weighted by Crippen LogP contribution is -2.23. The first-order chi connectivity index (χ1) is 9.51. The maximum absolute atomic E-state index is 12.1. The SMILES string of the molecule is COc1ccc(N)cc1CNC(=O)c1cc(Br)sc1Br. The van der Waals surface area contributed by atoms with Gasteiger partial charge in [-0.1, -0.05) is 0 Å². The number of carbonyl (C=O) groups is 1. The number of thiophene rings is 1. The lowest BCUT2D eigenvalue weighted by molar-refractivity contribution is 0.0950. The van der Waals surface area contributed by atoms with Crippen LogP contribution in [0.3, 0.4) is 0 Å². The number of rotatable bonds is 4. The van der Waals surface area contributed by atoms with Crippen LogP contribution in [0.2, 0.25) is 0 Å². The maximum Gasteiger partial charge on any atom is 0.253 e. The Labute approximate surface area is 137 Å². The molecule has 0 aliphatic carbocycles. The van der Waals surface area contributed by atoms with Gasteiger partial charge in [0.05, 0.1) is 20.2 Å². The number of hydrogen-bond donors (Lipinski definition) is 2. The third-order valence-electron chi connectivity index (χ3n) is 2.65. The fourth-order valence-corrected chi connectivity index (χ4v) is 4.50. The van der Waals surface area contributed by atoms with Gasteiger partial charge in [-0.25, -0.2) is 0 Å². The minimum Gasteiger partial charge on any atom is -0.496 e. The summed E-state index contributed by atoms with van der Waals surface area (Å²) in [5.74, 6) is 0.549. The topological polar surface area (TPSA) is 64.3 Å². The highest BCUT2D eigenvalue weighted by Gasteiger charge is 2.14. The summed E-state index contributed by atoms with van der Waals surface area (Å²) < 4.78 is 6.94. The molecule has 0 bridgehead atoms. The van der Waals surface area contributed by atoms with E-state index in [1.807, 2.05) is 0 Å². The average Bonchev–Trinajstić information content (AvgIpc) is 2.75. The number of hydrogen-bond acceptors (Lipinski definition) is 4. The second-order valence-electron chi connectivity index (χ2n) is 3.99. The lowest BCUT2D eigenvalue weighted by Gasteiger charge is -2.10. The summed E-state index contributed by atoms with van der Waals surface area (Å²) in [6.07, 6.45) is 0. The van der Waals surface area contributed by atoms with Crippen molar-refractivity contribution in [3.05, 3.63) is 43.0 Å². The molecular formula is C13H12Br2N2O2S.